The molecule has 2 rings (SSSR count). The van der Waals surface area contributed by atoms with E-state index >= 15 is 0 Å². The molecule has 0 radical (unpaired) electrons. The topological polar surface area (TPSA) is 47.3 Å². The second kappa shape index (κ2) is 6.29. The number of methoxy groups -OCH3 is 1. The molecule has 0 saturated heterocycles. The van der Waals surface area contributed by atoms with Crippen molar-refractivity contribution in [1.29, 1.82) is 0 Å². The summed E-state index contributed by atoms with van der Waals surface area (Å²) in [5.74, 6) is 1.55. The molecule has 1 aliphatic carbocycles. The molecular weight excluding hydrogens is 236 g/mol. The van der Waals surface area contributed by atoms with E-state index in [4.69, 9.17) is 10.5 Å². The Kier molecular flexibility index (Phi) is 4.70. The molecule has 0 bridgehead atoms. The standard InChI is InChI=1S/C16H26N2O/c1-3-13-7-4-5-10-16(13,12-17)18-14-8-6-9-15(11-14)19-2/h6,8-9,11,13,18H,3-5,7,10,12,17H2,1-2H3. The first kappa shape index (κ1) is 14.2. The second-order valence-electron chi connectivity index (χ2n) is 5.57. The molecule has 3 nitrogen and oxygen atoms in total. The van der Waals surface area contributed by atoms with Crippen LogP contribution in [0.2, 0.25) is 0 Å². The van der Waals surface area contributed by atoms with Crippen LogP contribution in [-0.2, 0) is 0 Å². The molecule has 3 heteroatoms. The minimum atomic E-state index is 0.0549. The number of hydrogen-bond donors (Lipinski definition) is 2. The van der Waals surface area contributed by atoms with Gasteiger partial charge in [-0.3, -0.25) is 0 Å². The molecule has 1 aromatic carbocycles. The van der Waals surface area contributed by atoms with Crippen molar-refractivity contribution in [2.75, 3.05) is 19.0 Å². The lowest BCUT2D eigenvalue weighted by Crippen LogP contribution is -2.53. The monoisotopic (exact) mass is 262 g/mol. The summed E-state index contributed by atoms with van der Waals surface area (Å²) in [6, 6.07) is 8.15. The van der Waals surface area contributed by atoms with E-state index in [1.54, 1.807) is 7.11 Å². The lowest BCUT2D eigenvalue weighted by Gasteiger charge is -2.44. The first-order chi connectivity index (χ1) is 9.24. The molecule has 1 aromatic rings. The molecule has 0 spiro atoms. The second-order valence-corrected chi connectivity index (χ2v) is 5.57. The van der Waals surface area contributed by atoms with Crippen molar-refractivity contribution in [1.82, 2.24) is 0 Å². The van der Waals surface area contributed by atoms with Gasteiger partial charge in [0.05, 0.1) is 12.6 Å². The van der Waals surface area contributed by atoms with Crippen LogP contribution in [0.1, 0.15) is 39.0 Å². The van der Waals surface area contributed by atoms with Crippen LogP contribution in [0.5, 0.6) is 5.75 Å². The SMILES string of the molecule is CCC1CCCCC1(CN)Nc1cccc(OC)c1. The van der Waals surface area contributed by atoms with Gasteiger partial charge in [-0.1, -0.05) is 32.3 Å². The van der Waals surface area contributed by atoms with Gasteiger partial charge in [0.2, 0.25) is 0 Å². The first-order valence-corrected chi connectivity index (χ1v) is 7.36. The highest BCUT2D eigenvalue weighted by Gasteiger charge is 2.38. The van der Waals surface area contributed by atoms with Gasteiger partial charge in [0.15, 0.2) is 0 Å². The maximum Gasteiger partial charge on any atom is 0.120 e. The van der Waals surface area contributed by atoms with E-state index in [0.29, 0.717) is 12.5 Å². The maximum atomic E-state index is 6.13. The Hall–Kier alpha value is -1.22. The molecule has 0 amide bonds. The van der Waals surface area contributed by atoms with Gasteiger partial charge in [-0.2, -0.15) is 0 Å². The molecule has 1 fully saturated rings. The van der Waals surface area contributed by atoms with Gasteiger partial charge in [-0.25, -0.2) is 0 Å². The summed E-state index contributed by atoms with van der Waals surface area (Å²) < 4.78 is 5.29. The summed E-state index contributed by atoms with van der Waals surface area (Å²) in [5.41, 5.74) is 7.30. The molecule has 19 heavy (non-hydrogen) atoms. The van der Waals surface area contributed by atoms with Crippen molar-refractivity contribution in [2.24, 2.45) is 11.7 Å². The van der Waals surface area contributed by atoms with E-state index in [0.717, 1.165) is 11.4 Å². The van der Waals surface area contributed by atoms with E-state index in [1.165, 1.54) is 32.1 Å². The van der Waals surface area contributed by atoms with E-state index in [-0.39, 0.29) is 5.54 Å². The highest BCUT2D eigenvalue weighted by molar-refractivity contribution is 5.50. The number of anilines is 1. The molecule has 0 aromatic heterocycles. The van der Waals surface area contributed by atoms with Crippen molar-refractivity contribution < 1.29 is 4.74 Å². The number of benzene rings is 1. The average molecular weight is 262 g/mol. The van der Waals surface area contributed by atoms with Crippen molar-refractivity contribution in [3.8, 4) is 5.75 Å². The third kappa shape index (κ3) is 3.03. The summed E-state index contributed by atoms with van der Waals surface area (Å²) in [5, 5.41) is 3.71. The Morgan fingerprint density at radius 1 is 1.42 bits per heavy atom. The van der Waals surface area contributed by atoms with E-state index in [1.807, 2.05) is 12.1 Å². The summed E-state index contributed by atoms with van der Waals surface area (Å²) in [6.45, 7) is 2.97. The fourth-order valence-corrected chi connectivity index (χ4v) is 3.38. The summed E-state index contributed by atoms with van der Waals surface area (Å²) in [4.78, 5) is 0. The third-order valence-electron chi connectivity index (χ3n) is 4.53. The fourth-order valence-electron chi connectivity index (χ4n) is 3.38. The lowest BCUT2D eigenvalue weighted by molar-refractivity contribution is 0.212. The summed E-state index contributed by atoms with van der Waals surface area (Å²) in [6.07, 6.45) is 6.24. The number of nitrogens with two attached hydrogens (primary N) is 1. The molecule has 0 aliphatic heterocycles. The number of nitrogens with one attached hydrogen (secondary N) is 1. The van der Waals surface area contributed by atoms with Crippen molar-refractivity contribution in [3.63, 3.8) is 0 Å². The predicted molar refractivity (Wildman–Crippen MR) is 80.7 cm³/mol. The van der Waals surface area contributed by atoms with E-state index < -0.39 is 0 Å². The smallest absolute Gasteiger partial charge is 0.120 e. The van der Waals surface area contributed by atoms with Gasteiger partial charge >= 0.3 is 0 Å². The van der Waals surface area contributed by atoms with Gasteiger partial charge in [-0.15, -0.1) is 0 Å². The predicted octanol–water partition coefficient (Wildman–Crippen LogP) is 3.40. The van der Waals surface area contributed by atoms with Crippen LogP contribution in [-0.4, -0.2) is 19.2 Å². The van der Waals surface area contributed by atoms with Gasteiger partial charge in [0.1, 0.15) is 5.75 Å². The summed E-state index contributed by atoms with van der Waals surface area (Å²) >= 11 is 0. The molecular formula is C16H26N2O. The van der Waals surface area contributed by atoms with Gasteiger partial charge in [0, 0.05) is 18.3 Å². The normalized spacial score (nSPS) is 27.0. The molecule has 2 atom stereocenters. The zero-order valence-electron chi connectivity index (χ0n) is 12.1. The van der Waals surface area contributed by atoms with Crippen LogP contribution in [0, 0.1) is 5.92 Å². The number of hydrogen-bond acceptors (Lipinski definition) is 3. The van der Waals surface area contributed by atoms with Crippen molar-refractivity contribution >= 4 is 5.69 Å². The highest BCUT2D eigenvalue weighted by atomic mass is 16.5. The molecule has 2 unspecified atom stereocenters. The maximum absolute atomic E-state index is 6.13. The van der Waals surface area contributed by atoms with Crippen LogP contribution < -0.4 is 15.8 Å². The first-order valence-electron chi connectivity index (χ1n) is 7.36. The molecule has 1 aliphatic rings. The minimum absolute atomic E-state index is 0.0549. The van der Waals surface area contributed by atoms with Crippen LogP contribution >= 0.6 is 0 Å². The van der Waals surface area contributed by atoms with Crippen LogP contribution in [0.15, 0.2) is 24.3 Å². The van der Waals surface area contributed by atoms with Crippen LogP contribution in [0.25, 0.3) is 0 Å². The van der Waals surface area contributed by atoms with Gasteiger partial charge in [-0.05, 0) is 30.9 Å². The Bertz CT molecular complexity index is 407. The minimum Gasteiger partial charge on any atom is -0.497 e. The highest BCUT2D eigenvalue weighted by Crippen LogP contribution is 2.38. The van der Waals surface area contributed by atoms with E-state index in [9.17, 15) is 0 Å². The van der Waals surface area contributed by atoms with Crippen molar-refractivity contribution in [3.05, 3.63) is 24.3 Å². The molecule has 3 N–H and O–H groups in total. The van der Waals surface area contributed by atoms with Gasteiger partial charge in [0.25, 0.3) is 0 Å². The average Bonchev–Trinajstić information content (AvgIpc) is 2.47. The Morgan fingerprint density at radius 3 is 2.95 bits per heavy atom. The number of ether oxygens (including phenoxy) is 1. The Labute approximate surface area is 116 Å². The molecule has 1 saturated carbocycles. The zero-order chi connectivity index (χ0) is 13.7. The zero-order valence-corrected chi connectivity index (χ0v) is 12.1. The number of rotatable bonds is 5. The third-order valence-corrected chi connectivity index (χ3v) is 4.53. The van der Waals surface area contributed by atoms with Crippen molar-refractivity contribution in [2.45, 2.75) is 44.6 Å². The summed E-state index contributed by atoms with van der Waals surface area (Å²) in [7, 11) is 1.70. The van der Waals surface area contributed by atoms with E-state index in [2.05, 4.69) is 24.4 Å². The quantitative estimate of drug-likeness (QED) is 0.855. The molecule has 106 valence electrons. The fraction of sp³-hybridized carbons (Fsp3) is 0.625. The Balaban J connectivity index is 2.20. The largest absolute Gasteiger partial charge is 0.497 e. The Morgan fingerprint density at radius 2 is 2.26 bits per heavy atom. The lowest BCUT2D eigenvalue weighted by atomic mass is 9.71. The van der Waals surface area contributed by atoms with Gasteiger partial charge < -0.3 is 15.8 Å². The van der Waals surface area contributed by atoms with Crippen LogP contribution in [0.4, 0.5) is 5.69 Å². The molecule has 0 heterocycles. The van der Waals surface area contributed by atoms with Crippen LogP contribution in [0.3, 0.4) is 0 Å².